The molecule has 0 aliphatic heterocycles. The van der Waals surface area contributed by atoms with Crippen LogP contribution in [0.15, 0.2) is 36.5 Å². The maximum atomic E-state index is 6.00. The number of benzene rings is 1. The first-order valence-electron chi connectivity index (χ1n) is 4.92. The van der Waals surface area contributed by atoms with Crippen LogP contribution >= 0.6 is 11.6 Å². The molecular formula is C12H11ClN2O2. The Morgan fingerprint density at radius 1 is 1.24 bits per heavy atom. The molecule has 1 heterocycles. The summed E-state index contributed by atoms with van der Waals surface area (Å²) in [5.74, 6) is 1.62. The van der Waals surface area contributed by atoms with Crippen LogP contribution in [-0.4, -0.2) is 12.1 Å². The van der Waals surface area contributed by atoms with Crippen LogP contribution in [0.1, 0.15) is 0 Å². The maximum Gasteiger partial charge on any atom is 0.216 e. The van der Waals surface area contributed by atoms with E-state index in [9.17, 15) is 0 Å². The van der Waals surface area contributed by atoms with Crippen LogP contribution in [0.5, 0.6) is 17.4 Å². The molecule has 0 aliphatic carbocycles. The number of hydrogen-bond acceptors (Lipinski definition) is 4. The van der Waals surface area contributed by atoms with Crippen molar-refractivity contribution in [3.63, 3.8) is 0 Å². The van der Waals surface area contributed by atoms with Crippen molar-refractivity contribution in [3.05, 3.63) is 41.6 Å². The number of methoxy groups -OCH3 is 1. The number of nitrogens with zero attached hydrogens (tertiary/aromatic N) is 1. The van der Waals surface area contributed by atoms with Crippen molar-refractivity contribution in [1.82, 2.24) is 4.98 Å². The summed E-state index contributed by atoms with van der Waals surface area (Å²) in [6, 6.07) is 8.46. The van der Waals surface area contributed by atoms with Gasteiger partial charge in [-0.2, -0.15) is 0 Å². The average Bonchev–Trinajstić information content (AvgIpc) is 2.33. The normalized spacial score (nSPS) is 10.0. The van der Waals surface area contributed by atoms with E-state index in [1.165, 1.54) is 0 Å². The first kappa shape index (κ1) is 11.5. The smallest absolute Gasteiger partial charge is 0.216 e. The predicted molar refractivity (Wildman–Crippen MR) is 66.7 cm³/mol. The molecule has 0 radical (unpaired) electrons. The predicted octanol–water partition coefficient (Wildman–Crippen LogP) is 3.12. The van der Waals surface area contributed by atoms with Gasteiger partial charge in [-0.15, -0.1) is 0 Å². The zero-order chi connectivity index (χ0) is 12.3. The van der Waals surface area contributed by atoms with Gasteiger partial charge in [0.25, 0.3) is 0 Å². The van der Waals surface area contributed by atoms with Crippen molar-refractivity contribution in [3.8, 4) is 17.4 Å². The number of pyridine rings is 1. The van der Waals surface area contributed by atoms with Gasteiger partial charge in [0.05, 0.1) is 12.1 Å². The Balaban J connectivity index is 2.25. The van der Waals surface area contributed by atoms with Gasteiger partial charge in [-0.1, -0.05) is 11.6 Å². The molecule has 2 rings (SSSR count). The van der Waals surface area contributed by atoms with E-state index < -0.39 is 0 Å². The summed E-state index contributed by atoms with van der Waals surface area (Å²) in [5, 5.41) is 0.459. The van der Waals surface area contributed by atoms with Gasteiger partial charge in [-0.25, -0.2) is 4.98 Å². The molecule has 0 amide bonds. The lowest BCUT2D eigenvalue weighted by Crippen LogP contribution is -1.91. The summed E-state index contributed by atoms with van der Waals surface area (Å²) in [6.45, 7) is 0. The second-order valence-electron chi connectivity index (χ2n) is 3.33. The topological polar surface area (TPSA) is 57.4 Å². The number of nitrogen functional groups attached to an aromatic ring is 1. The first-order valence-corrected chi connectivity index (χ1v) is 5.30. The van der Waals surface area contributed by atoms with E-state index in [0.717, 1.165) is 0 Å². The highest BCUT2D eigenvalue weighted by Crippen LogP contribution is 2.31. The molecular weight excluding hydrogens is 240 g/mol. The highest BCUT2D eigenvalue weighted by molar-refractivity contribution is 6.32. The largest absolute Gasteiger partial charge is 0.481 e. The fourth-order valence-electron chi connectivity index (χ4n) is 1.29. The Bertz CT molecular complexity index is 532. The fraction of sp³-hybridized carbons (Fsp3) is 0.0833. The van der Waals surface area contributed by atoms with Crippen molar-refractivity contribution in [2.24, 2.45) is 0 Å². The van der Waals surface area contributed by atoms with Gasteiger partial charge in [0.1, 0.15) is 11.5 Å². The Kier molecular flexibility index (Phi) is 3.35. The Morgan fingerprint density at radius 3 is 2.76 bits per heavy atom. The van der Waals surface area contributed by atoms with Crippen molar-refractivity contribution in [2.75, 3.05) is 12.8 Å². The number of ether oxygens (including phenoxy) is 2. The molecule has 4 nitrogen and oxygen atoms in total. The molecule has 2 aromatic rings. The third-order valence-corrected chi connectivity index (χ3v) is 2.39. The molecule has 0 saturated heterocycles. The Labute approximate surface area is 104 Å². The third-order valence-electron chi connectivity index (χ3n) is 2.10. The Hall–Kier alpha value is -1.94. The van der Waals surface area contributed by atoms with E-state index >= 15 is 0 Å². The standard InChI is InChI=1S/C12H11ClN2O2/c1-16-12-7-9(4-5-15-12)17-11-3-2-8(14)6-10(11)13/h2-7H,14H2,1H3. The van der Waals surface area contributed by atoms with E-state index in [1.54, 1.807) is 43.6 Å². The van der Waals surface area contributed by atoms with Gasteiger partial charge in [-0.3, -0.25) is 0 Å². The lowest BCUT2D eigenvalue weighted by Gasteiger charge is -2.08. The van der Waals surface area contributed by atoms with Crippen molar-refractivity contribution >= 4 is 17.3 Å². The lowest BCUT2D eigenvalue weighted by molar-refractivity contribution is 0.392. The minimum absolute atomic E-state index is 0.459. The minimum Gasteiger partial charge on any atom is -0.481 e. The quantitative estimate of drug-likeness (QED) is 0.851. The second-order valence-corrected chi connectivity index (χ2v) is 3.73. The van der Waals surface area contributed by atoms with Crippen LogP contribution in [0.2, 0.25) is 5.02 Å². The zero-order valence-corrected chi connectivity index (χ0v) is 9.94. The average molecular weight is 251 g/mol. The molecule has 1 aromatic carbocycles. The van der Waals surface area contributed by atoms with Gasteiger partial charge >= 0.3 is 0 Å². The molecule has 0 bridgehead atoms. The summed E-state index contributed by atoms with van der Waals surface area (Å²) in [5.41, 5.74) is 6.19. The molecule has 0 aliphatic rings. The van der Waals surface area contributed by atoms with Gasteiger partial charge < -0.3 is 15.2 Å². The van der Waals surface area contributed by atoms with Crippen molar-refractivity contribution < 1.29 is 9.47 Å². The first-order chi connectivity index (χ1) is 8.19. The monoisotopic (exact) mass is 250 g/mol. The van der Waals surface area contributed by atoms with Crippen molar-refractivity contribution in [2.45, 2.75) is 0 Å². The lowest BCUT2D eigenvalue weighted by atomic mass is 10.3. The number of aromatic nitrogens is 1. The van der Waals surface area contributed by atoms with Crippen LogP contribution in [0.3, 0.4) is 0 Å². The molecule has 0 spiro atoms. The van der Waals surface area contributed by atoms with Crippen LogP contribution < -0.4 is 15.2 Å². The van der Waals surface area contributed by atoms with Crippen LogP contribution in [-0.2, 0) is 0 Å². The van der Waals surface area contributed by atoms with E-state index in [2.05, 4.69) is 4.98 Å². The van der Waals surface area contributed by atoms with Gasteiger partial charge in [0.2, 0.25) is 5.88 Å². The molecule has 88 valence electrons. The van der Waals surface area contributed by atoms with E-state index in [-0.39, 0.29) is 0 Å². The summed E-state index contributed by atoms with van der Waals surface area (Å²) < 4.78 is 10.6. The van der Waals surface area contributed by atoms with E-state index in [4.69, 9.17) is 26.8 Å². The second kappa shape index (κ2) is 4.93. The fourth-order valence-corrected chi connectivity index (χ4v) is 1.52. The number of nitrogens with two attached hydrogens (primary N) is 1. The molecule has 0 saturated carbocycles. The van der Waals surface area contributed by atoms with E-state index in [0.29, 0.717) is 28.1 Å². The van der Waals surface area contributed by atoms with Gasteiger partial charge in [0, 0.05) is 18.0 Å². The summed E-state index contributed by atoms with van der Waals surface area (Å²) in [4.78, 5) is 3.98. The molecule has 2 N–H and O–H groups in total. The van der Waals surface area contributed by atoms with Crippen molar-refractivity contribution in [1.29, 1.82) is 0 Å². The molecule has 1 aromatic heterocycles. The van der Waals surface area contributed by atoms with Crippen LogP contribution in [0.4, 0.5) is 5.69 Å². The Morgan fingerprint density at radius 2 is 2.06 bits per heavy atom. The molecule has 5 heteroatoms. The SMILES string of the molecule is COc1cc(Oc2ccc(N)cc2Cl)ccn1. The number of rotatable bonds is 3. The van der Waals surface area contributed by atoms with Crippen LogP contribution in [0.25, 0.3) is 0 Å². The molecule has 0 atom stereocenters. The highest BCUT2D eigenvalue weighted by atomic mass is 35.5. The third kappa shape index (κ3) is 2.79. The minimum atomic E-state index is 0.459. The molecule has 0 unspecified atom stereocenters. The number of hydrogen-bond donors (Lipinski definition) is 1. The van der Waals surface area contributed by atoms with Crippen LogP contribution in [0, 0.1) is 0 Å². The highest BCUT2D eigenvalue weighted by Gasteiger charge is 2.04. The maximum absolute atomic E-state index is 6.00. The molecule has 17 heavy (non-hydrogen) atoms. The number of anilines is 1. The molecule has 0 fully saturated rings. The van der Waals surface area contributed by atoms with Gasteiger partial charge in [-0.05, 0) is 24.3 Å². The van der Waals surface area contributed by atoms with Gasteiger partial charge in [0.15, 0.2) is 0 Å². The summed E-state index contributed by atoms with van der Waals surface area (Å²) >= 11 is 6.00. The summed E-state index contributed by atoms with van der Waals surface area (Å²) in [6.07, 6.45) is 1.60. The zero-order valence-electron chi connectivity index (χ0n) is 9.18. The summed E-state index contributed by atoms with van der Waals surface area (Å²) in [7, 11) is 1.54. The van der Waals surface area contributed by atoms with E-state index in [1.807, 2.05) is 0 Å². The number of halogens is 1.